The van der Waals surface area contributed by atoms with Gasteiger partial charge in [-0.2, -0.15) is 0 Å². The van der Waals surface area contributed by atoms with Crippen LogP contribution < -0.4 is 5.32 Å². The van der Waals surface area contributed by atoms with Crippen LogP contribution in [0.4, 0.5) is 5.69 Å². The van der Waals surface area contributed by atoms with E-state index in [1.165, 1.54) is 24.3 Å². The molecule has 1 aromatic carbocycles. The molecule has 0 fully saturated rings. The third-order valence-electron chi connectivity index (χ3n) is 2.60. The molecule has 0 aliphatic heterocycles. The number of benzene rings is 1. The van der Waals surface area contributed by atoms with Gasteiger partial charge in [0.15, 0.2) is 0 Å². The molecule has 1 unspecified atom stereocenters. The van der Waals surface area contributed by atoms with E-state index in [9.17, 15) is 24.5 Å². The summed E-state index contributed by atoms with van der Waals surface area (Å²) in [4.78, 5) is 43.0. The standard InChI is InChI=1S/C13H12N2O7/c16-11(5-6-12(17)18)14-9(13(19)20)7-8-3-1-2-4-10(8)15(21)22/h1-6,9H,7H2,(H,14,16)(H,17,18)(H,19,20)/b6-5+. The van der Waals surface area contributed by atoms with Crippen molar-refractivity contribution in [2.24, 2.45) is 0 Å². The Labute approximate surface area is 124 Å². The number of hydrogen-bond acceptors (Lipinski definition) is 5. The molecular weight excluding hydrogens is 296 g/mol. The van der Waals surface area contributed by atoms with Crippen LogP contribution in [-0.2, 0) is 20.8 Å². The van der Waals surface area contributed by atoms with Gasteiger partial charge < -0.3 is 15.5 Å². The van der Waals surface area contributed by atoms with Crippen molar-refractivity contribution in [2.45, 2.75) is 12.5 Å². The number of nitro groups is 1. The van der Waals surface area contributed by atoms with Crippen LogP contribution in [0, 0.1) is 10.1 Å². The first-order valence-electron chi connectivity index (χ1n) is 5.98. The van der Waals surface area contributed by atoms with E-state index in [1.807, 2.05) is 0 Å². The normalized spacial score (nSPS) is 11.8. The average molecular weight is 308 g/mol. The molecule has 0 aliphatic carbocycles. The summed E-state index contributed by atoms with van der Waals surface area (Å²) in [6.07, 6.45) is 0.913. The van der Waals surface area contributed by atoms with Crippen LogP contribution >= 0.6 is 0 Å². The van der Waals surface area contributed by atoms with Crippen molar-refractivity contribution in [3.8, 4) is 0 Å². The zero-order valence-electron chi connectivity index (χ0n) is 11.1. The van der Waals surface area contributed by atoms with Gasteiger partial charge in [-0.05, 0) is 0 Å². The molecule has 1 atom stereocenters. The molecular formula is C13H12N2O7. The largest absolute Gasteiger partial charge is 0.480 e. The predicted molar refractivity (Wildman–Crippen MR) is 73.1 cm³/mol. The molecule has 1 aromatic rings. The van der Waals surface area contributed by atoms with Crippen molar-refractivity contribution < 1.29 is 29.5 Å². The molecule has 9 heteroatoms. The molecule has 0 saturated heterocycles. The molecule has 0 spiro atoms. The van der Waals surface area contributed by atoms with E-state index in [4.69, 9.17) is 10.2 Å². The highest BCUT2D eigenvalue weighted by Gasteiger charge is 2.23. The topological polar surface area (TPSA) is 147 Å². The number of nitrogens with zero attached hydrogens (tertiary/aromatic N) is 1. The second-order valence-corrected chi connectivity index (χ2v) is 4.16. The molecule has 0 saturated carbocycles. The highest BCUT2D eigenvalue weighted by molar-refractivity contribution is 5.95. The number of nitrogens with one attached hydrogen (secondary N) is 1. The Balaban J connectivity index is 2.90. The quantitative estimate of drug-likeness (QED) is 0.374. The minimum absolute atomic E-state index is 0.141. The molecule has 116 valence electrons. The van der Waals surface area contributed by atoms with Crippen molar-refractivity contribution in [1.82, 2.24) is 5.32 Å². The summed E-state index contributed by atoms with van der Waals surface area (Å²) in [5, 5.41) is 30.4. The summed E-state index contributed by atoms with van der Waals surface area (Å²) in [5.74, 6) is -3.68. The maximum atomic E-state index is 11.4. The number of carbonyl (C=O) groups is 3. The zero-order valence-corrected chi connectivity index (χ0v) is 11.1. The Morgan fingerprint density at radius 2 is 1.86 bits per heavy atom. The lowest BCUT2D eigenvalue weighted by Crippen LogP contribution is -2.41. The number of carbonyl (C=O) groups excluding carboxylic acids is 1. The fraction of sp³-hybridized carbons (Fsp3) is 0.154. The second-order valence-electron chi connectivity index (χ2n) is 4.16. The number of aliphatic carboxylic acids is 2. The van der Waals surface area contributed by atoms with Gasteiger partial charge in [-0.25, -0.2) is 9.59 Å². The van der Waals surface area contributed by atoms with Crippen molar-refractivity contribution in [3.05, 3.63) is 52.1 Å². The Morgan fingerprint density at radius 3 is 2.41 bits per heavy atom. The average Bonchev–Trinajstić information content (AvgIpc) is 2.44. The molecule has 9 nitrogen and oxygen atoms in total. The van der Waals surface area contributed by atoms with Crippen LogP contribution in [0.2, 0.25) is 0 Å². The maximum Gasteiger partial charge on any atom is 0.328 e. The summed E-state index contributed by atoms with van der Waals surface area (Å²) in [5.41, 5.74) is -0.119. The van der Waals surface area contributed by atoms with Gasteiger partial charge in [-0.15, -0.1) is 0 Å². The van der Waals surface area contributed by atoms with E-state index >= 15 is 0 Å². The van der Waals surface area contributed by atoms with Gasteiger partial charge in [0, 0.05) is 30.2 Å². The fourth-order valence-corrected chi connectivity index (χ4v) is 1.65. The van der Waals surface area contributed by atoms with E-state index in [0.717, 1.165) is 0 Å². The minimum atomic E-state index is -1.42. The predicted octanol–water partition coefficient (Wildman–Crippen LogP) is 0.347. The van der Waals surface area contributed by atoms with E-state index in [1.54, 1.807) is 0 Å². The maximum absolute atomic E-state index is 11.4. The smallest absolute Gasteiger partial charge is 0.328 e. The summed E-state index contributed by atoms with van der Waals surface area (Å²) >= 11 is 0. The molecule has 22 heavy (non-hydrogen) atoms. The Bertz CT molecular complexity index is 639. The van der Waals surface area contributed by atoms with Gasteiger partial charge in [-0.1, -0.05) is 18.2 Å². The van der Waals surface area contributed by atoms with Crippen molar-refractivity contribution >= 4 is 23.5 Å². The number of amides is 1. The number of nitro benzene ring substituents is 1. The molecule has 1 amide bonds. The van der Waals surface area contributed by atoms with Gasteiger partial charge in [0.25, 0.3) is 5.69 Å². The van der Waals surface area contributed by atoms with E-state index in [0.29, 0.717) is 12.2 Å². The molecule has 1 rings (SSSR count). The van der Waals surface area contributed by atoms with Crippen LogP contribution in [0.25, 0.3) is 0 Å². The first-order chi connectivity index (χ1) is 10.3. The molecule has 0 bridgehead atoms. The highest BCUT2D eigenvalue weighted by Crippen LogP contribution is 2.19. The number of carboxylic acid groups (broad SMARTS) is 2. The molecule has 0 aliphatic rings. The number of para-hydroxylation sites is 1. The summed E-state index contributed by atoms with van der Waals surface area (Å²) in [7, 11) is 0. The zero-order chi connectivity index (χ0) is 16.7. The lowest BCUT2D eigenvalue weighted by Gasteiger charge is -2.13. The molecule has 0 heterocycles. The SMILES string of the molecule is O=C(O)/C=C/C(=O)NC(Cc1ccccc1[N+](=O)[O-])C(=O)O. The first kappa shape index (κ1) is 16.8. The van der Waals surface area contributed by atoms with Crippen molar-refractivity contribution in [2.75, 3.05) is 0 Å². The van der Waals surface area contributed by atoms with Crippen molar-refractivity contribution in [1.29, 1.82) is 0 Å². The van der Waals surface area contributed by atoms with Crippen LogP contribution in [0.15, 0.2) is 36.4 Å². The number of rotatable bonds is 7. The van der Waals surface area contributed by atoms with E-state index < -0.39 is 28.8 Å². The van der Waals surface area contributed by atoms with Crippen LogP contribution in [0.5, 0.6) is 0 Å². The third kappa shape index (κ3) is 5.04. The number of hydrogen-bond donors (Lipinski definition) is 3. The van der Waals surface area contributed by atoms with Gasteiger partial charge in [-0.3, -0.25) is 14.9 Å². The van der Waals surface area contributed by atoms with Gasteiger partial charge in [0.2, 0.25) is 5.91 Å². The lowest BCUT2D eigenvalue weighted by molar-refractivity contribution is -0.385. The van der Waals surface area contributed by atoms with Gasteiger partial charge in [0.05, 0.1) is 4.92 Å². The monoisotopic (exact) mass is 308 g/mol. The third-order valence-corrected chi connectivity index (χ3v) is 2.60. The summed E-state index contributed by atoms with van der Waals surface area (Å²) in [6.45, 7) is 0. The summed E-state index contributed by atoms with van der Waals surface area (Å²) in [6, 6.07) is 4.12. The molecule has 0 radical (unpaired) electrons. The van der Waals surface area contributed by atoms with Crippen molar-refractivity contribution in [3.63, 3.8) is 0 Å². The van der Waals surface area contributed by atoms with E-state index in [2.05, 4.69) is 5.32 Å². The first-order valence-corrected chi connectivity index (χ1v) is 5.98. The van der Waals surface area contributed by atoms with Gasteiger partial charge in [0.1, 0.15) is 6.04 Å². The Hall–Kier alpha value is -3.23. The molecule has 3 N–H and O–H groups in total. The second kappa shape index (κ2) is 7.53. The lowest BCUT2D eigenvalue weighted by atomic mass is 10.0. The Kier molecular flexibility index (Phi) is 5.75. The Morgan fingerprint density at radius 1 is 1.23 bits per heavy atom. The van der Waals surface area contributed by atoms with Crippen LogP contribution in [-0.4, -0.2) is 39.0 Å². The minimum Gasteiger partial charge on any atom is -0.480 e. The van der Waals surface area contributed by atoms with E-state index in [-0.39, 0.29) is 17.7 Å². The highest BCUT2D eigenvalue weighted by atomic mass is 16.6. The number of carboxylic acids is 2. The van der Waals surface area contributed by atoms with Crippen LogP contribution in [0.3, 0.4) is 0 Å². The summed E-state index contributed by atoms with van der Waals surface area (Å²) < 4.78 is 0. The fourth-order valence-electron chi connectivity index (χ4n) is 1.65. The van der Waals surface area contributed by atoms with Gasteiger partial charge >= 0.3 is 11.9 Å². The van der Waals surface area contributed by atoms with Crippen LogP contribution in [0.1, 0.15) is 5.56 Å². The molecule has 0 aromatic heterocycles.